The average molecular weight is 421 g/mol. The van der Waals surface area contributed by atoms with E-state index in [2.05, 4.69) is 30.4 Å². The number of hydrogen-bond acceptors (Lipinski definition) is 4. The van der Waals surface area contributed by atoms with Crippen molar-refractivity contribution in [2.75, 3.05) is 0 Å². The van der Waals surface area contributed by atoms with Crippen molar-refractivity contribution in [1.82, 2.24) is 5.32 Å². The number of aliphatic carboxylic acids is 1. The zero-order chi connectivity index (χ0) is 22.2. The number of rotatable bonds is 6. The maximum absolute atomic E-state index is 11.4. The van der Waals surface area contributed by atoms with Gasteiger partial charge in [0.1, 0.15) is 17.4 Å². The van der Waals surface area contributed by atoms with Crippen LogP contribution in [0, 0.1) is 28.6 Å². The lowest BCUT2D eigenvalue weighted by atomic mass is 9.58. The van der Waals surface area contributed by atoms with Gasteiger partial charge in [0.25, 0.3) is 0 Å². The number of benzene rings is 2. The van der Waals surface area contributed by atoms with Crippen molar-refractivity contribution >= 4 is 16.7 Å². The van der Waals surface area contributed by atoms with E-state index in [4.69, 9.17) is 4.74 Å². The summed E-state index contributed by atoms with van der Waals surface area (Å²) in [5.41, 5.74) is 1.43. The Hall–Kier alpha value is -2.58. The van der Waals surface area contributed by atoms with Crippen molar-refractivity contribution in [2.45, 2.75) is 71.6 Å². The molecule has 5 heteroatoms. The first kappa shape index (κ1) is 21.6. The van der Waals surface area contributed by atoms with Gasteiger partial charge in [-0.3, -0.25) is 4.79 Å². The summed E-state index contributed by atoms with van der Waals surface area (Å²) in [6.07, 6.45) is 5.28. The Kier molecular flexibility index (Phi) is 5.94. The van der Waals surface area contributed by atoms with Crippen LogP contribution in [0.4, 0.5) is 0 Å². The summed E-state index contributed by atoms with van der Waals surface area (Å²) in [4.78, 5) is 11.4. The standard InChI is InChI=1S/C26H32N2O3/c1-16-4-9-19(10-5-16)31-23-11-8-18-7-6-17(12-20(18)21(23)14-27)15-28-24-13-22(25(29)30)26(24,2)3/h6-8,11-12,16,19,22,24,28H,4-5,9-10,13,15H2,1-3H3,(H,29,30)/t16-,19+,22?,24?. The molecule has 2 aliphatic rings. The minimum atomic E-state index is -0.715. The van der Waals surface area contributed by atoms with E-state index < -0.39 is 5.97 Å². The summed E-state index contributed by atoms with van der Waals surface area (Å²) in [6, 6.07) is 12.7. The van der Waals surface area contributed by atoms with Gasteiger partial charge in [0.15, 0.2) is 0 Å². The van der Waals surface area contributed by atoms with Crippen molar-refractivity contribution in [3.63, 3.8) is 0 Å². The highest BCUT2D eigenvalue weighted by atomic mass is 16.5. The van der Waals surface area contributed by atoms with E-state index >= 15 is 0 Å². The van der Waals surface area contributed by atoms with Gasteiger partial charge in [-0.15, -0.1) is 0 Å². The number of carboxylic acid groups (broad SMARTS) is 1. The minimum absolute atomic E-state index is 0.170. The second-order valence-electron chi connectivity index (χ2n) is 9.99. The van der Waals surface area contributed by atoms with Crippen LogP contribution in [0.15, 0.2) is 30.3 Å². The highest BCUT2D eigenvalue weighted by molar-refractivity contribution is 5.90. The predicted octanol–water partition coefficient (Wildman–Crippen LogP) is 5.26. The lowest BCUT2D eigenvalue weighted by Crippen LogP contribution is -2.58. The molecule has 0 bridgehead atoms. The van der Waals surface area contributed by atoms with Gasteiger partial charge in [0.2, 0.25) is 0 Å². The van der Waals surface area contributed by atoms with Crippen molar-refractivity contribution in [1.29, 1.82) is 5.26 Å². The lowest BCUT2D eigenvalue weighted by molar-refractivity contribution is -0.155. The molecule has 2 fully saturated rings. The molecule has 0 radical (unpaired) electrons. The van der Waals surface area contributed by atoms with Crippen LogP contribution in [0.25, 0.3) is 10.8 Å². The normalized spacial score (nSPS) is 27.3. The first-order valence-corrected chi connectivity index (χ1v) is 11.4. The number of fused-ring (bicyclic) bond motifs is 1. The van der Waals surface area contributed by atoms with Gasteiger partial charge in [0, 0.05) is 18.0 Å². The molecule has 164 valence electrons. The molecule has 2 unspecified atom stereocenters. The number of carbonyl (C=O) groups is 1. The second-order valence-corrected chi connectivity index (χ2v) is 9.99. The molecule has 2 aromatic carbocycles. The Morgan fingerprint density at radius 3 is 2.58 bits per heavy atom. The number of nitriles is 1. The Morgan fingerprint density at radius 2 is 1.94 bits per heavy atom. The van der Waals surface area contributed by atoms with Gasteiger partial charge in [0.05, 0.1) is 12.0 Å². The number of hydrogen-bond donors (Lipinski definition) is 2. The molecule has 0 saturated heterocycles. The van der Waals surface area contributed by atoms with Gasteiger partial charge in [-0.25, -0.2) is 0 Å². The van der Waals surface area contributed by atoms with Crippen LogP contribution < -0.4 is 10.1 Å². The summed E-state index contributed by atoms with van der Waals surface area (Å²) in [7, 11) is 0. The third kappa shape index (κ3) is 4.27. The average Bonchev–Trinajstić information content (AvgIpc) is 2.74. The summed E-state index contributed by atoms with van der Waals surface area (Å²) in [6.45, 7) is 6.95. The molecule has 0 spiro atoms. The molecule has 2 aliphatic carbocycles. The maximum atomic E-state index is 11.4. The molecule has 0 aromatic heterocycles. The molecule has 2 saturated carbocycles. The summed E-state index contributed by atoms with van der Waals surface area (Å²) >= 11 is 0. The van der Waals surface area contributed by atoms with Crippen molar-refractivity contribution < 1.29 is 14.6 Å². The van der Waals surface area contributed by atoms with Gasteiger partial charge in [-0.1, -0.05) is 39.0 Å². The highest BCUT2D eigenvalue weighted by Crippen LogP contribution is 2.46. The Balaban J connectivity index is 1.50. The maximum Gasteiger partial charge on any atom is 0.307 e. The van der Waals surface area contributed by atoms with Crippen LogP contribution in [0.5, 0.6) is 5.75 Å². The van der Waals surface area contributed by atoms with Crippen LogP contribution >= 0.6 is 0 Å². The SMILES string of the molecule is CC1(C)C(NCc2ccc3ccc(O[C@H]4CC[C@@H](C)CC4)c(C#N)c3c2)CC1C(=O)O. The quantitative estimate of drug-likeness (QED) is 0.666. The van der Waals surface area contributed by atoms with Crippen LogP contribution in [0.2, 0.25) is 0 Å². The molecule has 2 aromatic rings. The molecule has 4 rings (SSSR count). The fraction of sp³-hybridized carbons (Fsp3) is 0.538. The van der Waals surface area contributed by atoms with Gasteiger partial charge in [-0.2, -0.15) is 5.26 Å². The number of nitrogens with zero attached hydrogens (tertiary/aromatic N) is 1. The fourth-order valence-electron chi connectivity index (χ4n) is 5.13. The molecule has 2 N–H and O–H groups in total. The van der Waals surface area contributed by atoms with E-state index in [0.717, 1.165) is 35.1 Å². The van der Waals surface area contributed by atoms with Gasteiger partial charge >= 0.3 is 5.97 Å². The van der Waals surface area contributed by atoms with E-state index in [9.17, 15) is 15.2 Å². The van der Waals surface area contributed by atoms with E-state index in [-0.39, 0.29) is 23.5 Å². The van der Waals surface area contributed by atoms with Crippen molar-refractivity contribution in [3.05, 3.63) is 41.5 Å². The first-order chi connectivity index (χ1) is 14.8. The molecule has 0 amide bonds. The van der Waals surface area contributed by atoms with E-state index in [1.165, 1.54) is 12.8 Å². The predicted molar refractivity (Wildman–Crippen MR) is 121 cm³/mol. The molecule has 2 atom stereocenters. The van der Waals surface area contributed by atoms with Crippen LogP contribution in [-0.4, -0.2) is 23.2 Å². The lowest BCUT2D eigenvalue weighted by Gasteiger charge is -2.50. The summed E-state index contributed by atoms with van der Waals surface area (Å²) in [5, 5.41) is 24.7. The van der Waals surface area contributed by atoms with Crippen LogP contribution in [0.1, 0.15) is 64.0 Å². The molecule has 31 heavy (non-hydrogen) atoms. The molecule has 0 aliphatic heterocycles. The zero-order valence-corrected chi connectivity index (χ0v) is 18.6. The molecule has 5 nitrogen and oxygen atoms in total. The smallest absolute Gasteiger partial charge is 0.307 e. The topological polar surface area (TPSA) is 82.3 Å². The molecule has 0 heterocycles. The summed E-state index contributed by atoms with van der Waals surface area (Å²) in [5.74, 6) is 0.430. The second kappa shape index (κ2) is 8.51. The Morgan fingerprint density at radius 1 is 1.23 bits per heavy atom. The van der Waals surface area contributed by atoms with E-state index in [1.54, 1.807) is 0 Å². The molecular weight excluding hydrogens is 388 g/mol. The Bertz CT molecular complexity index is 1020. The fourth-order valence-corrected chi connectivity index (χ4v) is 5.13. The van der Waals surface area contributed by atoms with E-state index in [1.807, 2.05) is 32.0 Å². The monoisotopic (exact) mass is 420 g/mol. The minimum Gasteiger partial charge on any atom is -0.489 e. The van der Waals surface area contributed by atoms with Crippen molar-refractivity contribution in [3.8, 4) is 11.8 Å². The van der Waals surface area contributed by atoms with E-state index in [0.29, 0.717) is 24.3 Å². The first-order valence-electron chi connectivity index (χ1n) is 11.4. The zero-order valence-electron chi connectivity index (χ0n) is 18.6. The van der Waals surface area contributed by atoms with Crippen LogP contribution in [0.3, 0.4) is 0 Å². The third-order valence-electron chi connectivity index (χ3n) is 7.53. The molecular formula is C26H32N2O3. The third-order valence-corrected chi connectivity index (χ3v) is 7.53. The van der Waals surface area contributed by atoms with Gasteiger partial charge < -0.3 is 15.2 Å². The highest BCUT2D eigenvalue weighted by Gasteiger charge is 2.51. The number of ether oxygens (including phenoxy) is 1. The number of nitrogens with one attached hydrogen (secondary N) is 1. The van der Waals surface area contributed by atoms with Crippen LogP contribution in [-0.2, 0) is 11.3 Å². The summed E-state index contributed by atoms with van der Waals surface area (Å²) < 4.78 is 6.27. The number of carboxylic acids is 1. The largest absolute Gasteiger partial charge is 0.489 e. The van der Waals surface area contributed by atoms with Gasteiger partial charge in [-0.05, 0) is 66.5 Å². The van der Waals surface area contributed by atoms with Crippen molar-refractivity contribution in [2.24, 2.45) is 17.3 Å². The Labute approximate surface area is 184 Å².